The van der Waals surface area contributed by atoms with Crippen LogP contribution in [0, 0.1) is 0 Å². The lowest BCUT2D eigenvalue weighted by Gasteiger charge is -2.02. The number of rotatable bonds is 2. The molecular weight excluding hydrogens is 1200 g/mol. The van der Waals surface area contributed by atoms with Gasteiger partial charge < -0.3 is 0 Å². The number of pyridine rings is 8. The Morgan fingerprint density at radius 2 is 1.02 bits per heavy atom. The van der Waals surface area contributed by atoms with Gasteiger partial charge in [0.2, 0.25) is 17.5 Å². The van der Waals surface area contributed by atoms with Crippen molar-refractivity contribution < 1.29 is 45.7 Å². The average Bonchev–Trinajstić information content (AvgIpc) is 1.55. The number of hydrogen-bond acceptors (Lipinski definition) is 1. The first-order valence-electron chi connectivity index (χ1n) is 33.2. The molecule has 0 unspecified atom stereocenters. The highest BCUT2D eigenvalue weighted by molar-refractivity contribution is 6.11. The standard InChI is InChI=1S/C20H15N3.C19H14N4.C16H15N3.C16H14N3.C10H11N3/c1-21-11-10-13-12-22-16-8-4-5-9-17(16)23-15-7-3-2-6-14(15)19(21)18(13)20(22)23;1-21-10-8-12-11-22-13-5-2-3-6-14(13)23-15-7-4-9-20-17(15)18(21)16(12)19(22)23;1-17-9-5-6-13-10-19-12-18(11-15(19)16(13)17)14-7-3-2-4-8-14;1-18-9-5-8-13-11-19-14(10-17-16(19)15(13)18)12-6-3-2-4-7-12;1-11-6-7-13-8-12-5-3-2-4-9(12)10(11)13/h2-11H,12H2,1H3;2-10H,11H2,1H3;2-9,11-12H,10H2,1H3;2-10H,11H2,1H3;2-7H,8H2,1H3/q3*+2;+1;+2/p+1. The Kier molecular flexibility index (Phi) is 12.6. The summed E-state index contributed by atoms with van der Waals surface area (Å²) in [6.07, 6.45) is 23.2. The summed E-state index contributed by atoms with van der Waals surface area (Å²) in [6.45, 7) is 4.72. The second-order valence-electron chi connectivity index (χ2n) is 26.1. The van der Waals surface area contributed by atoms with Gasteiger partial charge in [-0.1, -0.05) is 84.9 Å². The van der Waals surface area contributed by atoms with Crippen molar-refractivity contribution in [3.05, 3.63) is 291 Å². The molecule has 0 atom stereocenters. The van der Waals surface area contributed by atoms with Crippen molar-refractivity contribution in [1.82, 2.24) is 27.9 Å². The molecule has 16 nitrogen and oxygen atoms in total. The molecule has 18 heterocycles. The van der Waals surface area contributed by atoms with Gasteiger partial charge in [-0.2, -0.15) is 31.6 Å². The van der Waals surface area contributed by atoms with Crippen LogP contribution in [0.2, 0.25) is 0 Å². The summed E-state index contributed by atoms with van der Waals surface area (Å²) >= 11 is 0. The third-order valence-corrected chi connectivity index (χ3v) is 20.4. The van der Waals surface area contributed by atoms with Gasteiger partial charge in [-0.15, -0.1) is 0 Å². The number of aromatic amines is 1. The third kappa shape index (κ3) is 8.58. The number of nitrogens with zero attached hydrogens (tertiary/aromatic N) is 15. The van der Waals surface area contributed by atoms with E-state index in [9.17, 15) is 0 Å². The molecule has 0 saturated heterocycles. The van der Waals surface area contributed by atoms with Gasteiger partial charge in [-0.25, -0.2) is 41.9 Å². The summed E-state index contributed by atoms with van der Waals surface area (Å²) in [6, 6.07) is 70.7. The highest BCUT2D eigenvalue weighted by Crippen LogP contribution is 2.37. The van der Waals surface area contributed by atoms with Crippen molar-refractivity contribution >= 4 is 77.1 Å². The Hall–Kier alpha value is -12.4. The first-order valence-corrected chi connectivity index (χ1v) is 33.2. The maximum absolute atomic E-state index is 4.72. The summed E-state index contributed by atoms with van der Waals surface area (Å²) in [7, 11) is 10.5. The van der Waals surface area contributed by atoms with Crippen molar-refractivity contribution in [1.29, 1.82) is 0 Å². The Morgan fingerprint density at radius 3 is 1.75 bits per heavy atom. The third-order valence-electron chi connectivity index (χ3n) is 20.4. The zero-order chi connectivity index (χ0) is 64.7. The summed E-state index contributed by atoms with van der Waals surface area (Å²) in [5, 5.41) is 4.04. The SMILES string of the molecule is C[n+]1ccc2c3c1c1ccccc1n1c4ccccc4[n+](c31)C2.C[n+]1ccc2c3c1c1ncccc1n1c4ccccc4[n+](c31)C2.C[n+]1cccc2c1-c1[nH]cc(-c3ccccc3)[n+]1C2.C[n+]1cccc2c1-c1cn(-c3ccccc3)c[n+]1C2.C[n+]1ccn2c1-c1cccc[n+]1C2. The Morgan fingerprint density at radius 1 is 0.423 bits per heavy atom. The number of benzene rings is 5. The van der Waals surface area contributed by atoms with E-state index in [-0.39, 0.29) is 0 Å². The van der Waals surface area contributed by atoms with Crippen molar-refractivity contribution in [2.24, 2.45) is 35.2 Å². The van der Waals surface area contributed by atoms with E-state index in [2.05, 4.69) is 354 Å². The maximum Gasteiger partial charge on any atom is 0.359 e. The van der Waals surface area contributed by atoms with Crippen LogP contribution < -0.4 is 45.7 Å². The first-order chi connectivity index (χ1) is 47.7. The minimum absolute atomic E-state index is 0.931. The highest BCUT2D eigenvalue weighted by atomic mass is 15.3. The lowest BCUT2D eigenvalue weighted by Crippen LogP contribution is -2.34. The van der Waals surface area contributed by atoms with Gasteiger partial charge in [0, 0.05) is 59.3 Å². The molecule has 0 radical (unpaired) electrons. The van der Waals surface area contributed by atoms with Gasteiger partial charge in [-0.05, 0) is 78.9 Å². The van der Waals surface area contributed by atoms with Gasteiger partial charge in [-0.3, -0.25) is 0 Å². The molecule has 464 valence electrons. The molecule has 97 heavy (non-hydrogen) atoms. The zero-order valence-corrected chi connectivity index (χ0v) is 54.6. The fourth-order valence-electron chi connectivity index (χ4n) is 16.2. The molecule has 5 aliphatic rings. The lowest BCUT2D eigenvalue weighted by atomic mass is 10.1. The van der Waals surface area contributed by atoms with Crippen molar-refractivity contribution in [2.45, 2.75) is 32.8 Å². The molecule has 0 saturated carbocycles. The Balaban J connectivity index is 0.0000000862. The largest absolute Gasteiger partial charge is 0.359 e. The molecule has 0 aliphatic carbocycles. The lowest BCUT2D eigenvalue weighted by molar-refractivity contribution is -0.691. The molecular formula is C81H70N16+10. The number of hydrogen-bond donors (Lipinski definition) is 1. The molecule has 5 aromatic carbocycles. The number of aryl methyl sites for hydroxylation is 5. The van der Waals surface area contributed by atoms with Crippen LogP contribution in [0.25, 0.3) is 128 Å². The maximum atomic E-state index is 4.72. The average molecular weight is 1270 g/mol. The second kappa shape index (κ2) is 21.8. The first kappa shape index (κ1) is 56.1. The predicted octanol–water partition coefficient (Wildman–Crippen LogP) is 8.67. The van der Waals surface area contributed by atoms with Gasteiger partial charge in [0.25, 0.3) is 23.6 Å². The number of nitrogens with one attached hydrogen (secondary N) is 1. The number of fused-ring (bicyclic) bond motifs is 21. The monoisotopic (exact) mass is 1270 g/mol. The molecule has 1 N–H and O–H groups in total. The fraction of sp³-hybridized carbons (Fsp3) is 0.123. The van der Waals surface area contributed by atoms with Crippen LogP contribution in [0.5, 0.6) is 0 Å². The van der Waals surface area contributed by atoms with Crippen LogP contribution in [0.4, 0.5) is 0 Å². The van der Waals surface area contributed by atoms with E-state index >= 15 is 0 Å². The van der Waals surface area contributed by atoms with Crippen LogP contribution in [-0.4, -0.2) is 27.9 Å². The molecule has 16 heteroatoms. The number of H-pyrrole nitrogens is 1. The van der Waals surface area contributed by atoms with E-state index in [0.717, 1.165) is 38.4 Å². The summed E-state index contributed by atoms with van der Waals surface area (Å²) < 4.78 is 32.0. The predicted molar refractivity (Wildman–Crippen MR) is 369 cm³/mol. The van der Waals surface area contributed by atoms with E-state index < -0.39 is 0 Å². The minimum atomic E-state index is 0.931. The molecule has 18 aromatic rings. The number of imidazole rings is 5. The smallest absolute Gasteiger partial charge is 0.246 e. The topological polar surface area (TPSA) is 86.2 Å². The summed E-state index contributed by atoms with van der Waals surface area (Å²) in [5.74, 6) is 2.47. The van der Waals surface area contributed by atoms with E-state index in [0.29, 0.717) is 0 Å². The van der Waals surface area contributed by atoms with Crippen molar-refractivity contribution in [2.75, 3.05) is 0 Å². The molecule has 0 amide bonds. The zero-order valence-electron chi connectivity index (χ0n) is 54.6. The van der Waals surface area contributed by atoms with Crippen molar-refractivity contribution in [3.63, 3.8) is 0 Å². The van der Waals surface area contributed by atoms with Gasteiger partial charge in [0.15, 0.2) is 69.8 Å². The van der Waals surface area contributed by atoms with Crippen LogP contribution in [-0.2, 0) is 68.1 Å². The molecule has 13 aromatic heterocycles. The van der Waals surface area contributed by atoms with Gasteiger partial charge in [0.1, 0.15) is 101 Å². The fourth-order valence-corrected chi connectivity index (χ4v) is 16.2. The van der Waals surface area contributed by atoms with Gasteiger partial charge in [0.05, 0.1) is 23.6 Å². The summed E-state index contributed by atoms with van der Waals surface area (Å²) in [5.41, 5.74) is 28.2. The normalized spacial score (nSPS) is 12.8. The molecule has 23 rings (SSSR count). The molecule has 0 spiro atoms. The number of aromatic nitrogens is 16. The highest BCUT2D eigenvalue weighted by Gasteiger charge is 2.40. The molecule has 5 aliphatic heterocycles. The van der Waals surface area contributed by atoms with E-state index in [1.165, 1.54) is 145 Å². The van der Waals surface area contributed by atoms with E-state index in [4.69, 9.17) is 4.98 Å². The van der Waals surface area contributed by atoms with Gasteiger partial charge >= 0.3 is 28.6 Å². The minimum Gasteiger partial charge on any atom is -0.246 e. The van der Waals surface area contributed by atoms with Crippen LogP contribution in [0.1, 0.15) is 22.3 Å². The van der Waals surface area contributed by atoms with Crippen LogP contribution in [0.15, 0.2) is 268 Å². The van der Waals surface area contributed by atoms with Crippen LogP contribution >= 0.6 is 0 Å². The van der Waals surface area contributed by atoms with E-state index in [1.807, 2.05) is 18.3 Å². The number of para-hydroxylation sites is 6. The van der Waals surface area contributed by atoms with Crippen molar-refractivity contribution in [3.8, 4) is 51.4 Å². The van der Waals surface area contributed by atoms with Crippen LogP contribution in [0.3, 0.4) is 0 Å². The Bertz CT molecular complexity index is 6090. The summed E-state index contributed by atoms with van der Waals surface area (Å²) in [4.78, 5) is 8.14. The molecule has 0 bridgehead atoms. The Labute approximate surface area is 557 Å². The van der Waals surface area contributed by atoms with E-state index in [1.54, 1.807) is 0 Å². The second-order valence-corrected chi connectivity index (χ2v) is 26.1. The molecule has 0 fully saturated rings. The quantitative estimate of drug-likeness (QED) is 0.137.